The molecule has 0 N–H and O–H groups in total. The van der Waals surface area contributed by atoms with E-state index < -0.39 is 0 Å². The van der Waals surface area contributed by atoms with Gasteiger partial charge in [0.2, 0.25) is 0 Å². The Morgan fingerprint density at radius 2 is 1.67 bits per heavy atom. The first kappa shape index (κ1) is 9.17. The Morgan fingerprint density at radius 3 is 2.00 bits per heavy atom. The van der Waals surface area contributed by atoms with Crippen molar-refractivity contribution in [2.24, 2.45) is 0 Å². The van der Waals surface area contributed by atoms with E-state index in [-0.39, 0.29) is 15.0 Å². The third-order valence-electron chi connectivity index (χ3n) is 1.53. The molecular formula is C9H8O2Se. The second-order valence-electron chi connectivity index (χ2n) is 2.21. The Labute approximate surface area is 77.1 Å². The number of benzene rings is 1. The van der Waals surface area contributed by atoms with Crippen molar-refractivity contribution >= 4 is 32.0 Å². The Kier molecular flexibility index (Phi) is 3.20. The van der Waals surface area contributed by atoms with E-state index in [4.69, 9.17) is 0 Å². The van der Waals surface area contributed by atoms with E-state index in [0.29, 0.717) is 11.1 Å². The predicted octanol–water partition coefficient (Wildman–Crippen LogP) is 0.689. The first-order chi connectivity index (χ1) is 5.83. The average Bonchev–Trinajstić information content (AvgIpc) is 2.16. The van der Waals surface area contributed by atoms with Gasteiger partial charge in [0.15, 0.2) is 0 Å². The van der Waals surface area contributed by atoms with Gasteiger partial charge >= 0.3 is 76.7 Å². The van der Waals surface area contributed by atoms with Crippen molar-refractivity contribution < 1.29 is 9.59 Å². The van der Waals surface area contributed by atoms with Crippen molar-refractivity contribution in [2.75, 3.05) is 0 Å². The van der Waals surface area contributed by atoms with Gasteiger partial charge in [0.25, 0.3) is 0 Å². The van der Waals surface area contributed by atoms with Crippen LogP contribution in [-0.2, 0) is 0 Å². The SMILES string of the molecule is C[Se]c1c(C=O)cccc1C=O. The van der Waals surface area contributed by atoms with Gasteiger partial charge in [0, 0.05) is 0 Å². The molecule has 0 fully saturated rings. The van der Waals surface area contributed by atoms with E-state index in [9.17, 15) is 9.59 Å². The van der Waals surface area contributed by atoms with Crippen LogP contribution in [0.3, 0.4) is 0 Å². The molecule has 0 saturated heterocycles. The zero-order valence-corrected chi connectivity index (χ0v) is 8.32. The van der Waals surface area contributed by atoms with Gasteiger partial charge in [-0.15, -0.1) is 0 Å². The molecule has 0 aliphatic heterocycles. The summed E-state index contributed by atoms with van der Waals surface area (Å²) in [5, 5.41) is 0. The minimum atomic E-state index is 0.188. The minimum absolute atomic E-state index is 0.188. The van der Waals surface area contributed by atoms with E-state index in [1.165, 1.54) is 0 Å². The summed E-state index contributed by atoms with van der Waals surface area (Å²) in [6.07, 6.45) is 1.60. The van der Waals surface area contributed by atoms with Gasteiger partial charge < -0.3 is 0 Å². The summed E-state index contributed by atoms with van der Waals surface area (Å²) in [6, 6.07) is 5.20. The average molecular weight is 227 g/mol. The Bertz CT molecular complexity index is 281. The molecule has 0 aliphatic carbocycles. The van der Waals surface area contributed by atoms with Gasteiger partial charge in [-0.2, -0.15) is 0 Å². The number of hydrogen-bond donors (Lipinski definition) is 0. The molecule has 0 radical (unpaired) electrons. The van der Waals surface area contributed by atoms with Crippen molar-refractivity contribution in [3.63, 3.8) is 0 Å². The quantitative estimate of drug-likeness (QED) is 0.562. The molecular weight excluding hydrogens is 219 g/mol. The Hall–Kier alpha value is -0.921. The molecule has 0 aromatic heterocycles. The van der Waals surface area contributed by atoms with E-state index >= 15 is 0 Å². The molecule has 0 aliphatic rings. The van der Waals surface area contributed by atoms with Gasteiger partial charge in [-0.05, 0) is 0 Å². The molecule has 2 nitrogen and oxygen atoms in total. The van der Waals surface area contributed by atoms with Crippen molar-refractivity contribution in [3.05, 3.63) is 29.3 Å². The fourth-order valence-corrected chi connectivity index (χ4v) is 2.47. The Balaban J connectivity index is 3.30. The van der Waals surface area contributed by atoms with Crippen molar-refractivity contribution in [3.8, 4) is 0 Å². The van der Waals surface area contributed by atoms with Crippen LogP contribution in [0.25, 0.3) is 0 Å². The van der Waals surface area contributed by atoms with Crippen LogP contribution in [0.15, 0.2) is 18.2 Å². The standard InChI is InChI=1S/C9H8O2Se/c1-12-9-7(5-10)3-2-4-8(9)6-11/h2-6H,1H3. The summed E-state index contributed by atoms with van der Waals surface area (Å²) in [7, 11) is 0. The fraction of sp³-hybridized carbons (Fsp3) is 0.111. The number of aldehydes is 2. The van der Waals surface area contributed by atoms with Gasteiger partial charge in [0.05, 0.1) is 0 Å². The molecule has 0 atom stereocenters. The zero-order chi connectivity index (χ0) is 8.97. The van der Waals surface area contributed by atoms with E-state index in [1.54, 1.807) is 18.2 Å². The maximum atomic E-state index is 10.5. The molecule has 0 heterocycles. The molecule has 0 spiro atoms. The molecule has 1 aromatic rings. The van der Waals surface area contributed by atoms with Gasteiger partial charge in [-0.25, -0.2) is 0 Å². The summed E-state index contributed by atoms with van der Waals surface area (Å²) in [5.74, 6) is 1.99. The number of carbonyl (C=O) groups excluding carboxylic acids is 2. The molecule has 1 rings (SSSR count). The van der Waals surface area contributed by atoms with Crippen LogP contribution in [0, 0.1) is 0 Å². The number of rotatable bonds is 3. The molecule has 0 amide bonds. The van der Waals surface area contributed by atoms with Gasteiger partial charge in [-0.3, -0.25) is 0 Å². The summed E-state index contributed by atoms with van der Waals surface area (Å²) in [6.45, 7) is 0. The summed E-state index contributed by atoms with van der Waals surface area (Å²) in [4.78, 5) is 21.1. The van der Waals surface area contributed by atoms with Gasteiger partial charge in [0.1, 0.15) is 0 Å². The van der Waals surface area contributed by atoms with Crippen LogP contribution in [0.4, 0.5) is 0 Å². The zero-order valence-electron chi connectivity index (χ0n) is 6.61. The topological polar surface area (TPSA) is 34.1 Å². The molecule has 0 unspecified atom stereocenters. The van der Waals surface area contributed by atoms with Crippen LogP contribution in [0.5, 0.6) is 0 Å². The van der Waals surface area contributed by atoms with Crippen molar-refractivity contribution in [2.45, 2.75) is 5.82 Å². The fourth-order valence-electron chi connectivity index (χ4n) is 0.995. The second kappa shape index (κ2) is 4.19. The second-order valence-corrected chi connectivity index (χ2v) is 3.92. The van der Waals surface area contributed by atoms with Crippen molar-refractivity contribution in [1.29, 1.82) is 0 Å². The van der Waals surface area contributed by atoms with Gasteiger partial charge in [-0.1, -0.05) is 0 Å². The maximum absolute atomic E-state index is 10.5. The van der Waals surface area contributed by atoms with Crippen LogP contribution in [0.2, 0.25) is 5.82 Å². The van der Waals surface area contributed by atoms with Crippen LogP contribution < -0.4 is 4.46 Å². The van der Waals surface area contributed by atoms with E-state index in [2.05, 4.69) is 0 Å². The molecule has 62 valence electrons. The summed E-state index contributed by atoms with van der Waals surface area (Å²) in [5.41, 5.74) is 1.28. The molecule has 0 bridgehead atoms. The normalized spacial score (nSPS) is 9.42. The van der Waals surface area contributed by atoms with E-state index in [0.717, 1.165) is 17.0 Å². The molecule has 0 saturated carbocycles. The number of carbonyl (C=O) groups is 2. The van der Waals surface area contributed by atoms with Crippen LogP contribution in [-0.4, -0.2) is 27.5 Å². The summed E-state index contributed by atoms with van der Waals surface area (Å²) >= 11 is 0.188. The summed E-state index contributed by atoms with van der Waals surface area (Å²) < 4.78 is 0.898. The predicted molar refractivity (Wildman–Crippen MR) is 48.5 cm³/mol. The first-order valence-corrected chi connectivity index (χ1v) is 5.97. The third kappa shape index (κ3) is 1.63. The van der Waals surface area contributed by atoms with Crippen molar-refractivity contribution in [1.82, 2.24) is 0 Å². The molecule has 3 heteroatoms. The first-order valence-electron chi connectivity index (χ1n) is 3.41. The monoisotopic (exact) mass is 228 g/mol. The van der Waals surface area contributed by atoms with Crippen LogP contribution in [0.1, 0.15) is 20.7 Å². The third-order valence-corrected chi connectivity index (χ3v) is 3.38. The van der Waals surface area contributed by atoms with Crippen LogP contribution >= 0.6 is 0 Å². The molecule has 12 heavy (non-hydrogen) atoms. The van der Waals surface area contributed by atoms with E-state index in [1.807, 2.05) is 5.82 Å². The number of hydrogen-bond acceptors (Lipinski definition) is 2. The molecule has 1 aromatic carbocycles. The Morgan fingerprint density at radius 1 is 1.17 bits per heavy atom.